The number of fused-ring (bicyclic) bond motifs is 1. The molecule has 0 unspecified atom stereocenters. The molecule has 2 rings (SSSR count). The minimum Gasteiger partial charge on any atom is -0.277 e. The summed E-state index contributed by atoms with van der Waals surface area (Å²) < 4.78 is 0. The molecule has 0 atom stereocenters. The number of rotatable bonds is 0. The summed E-state index contributed by atoms with van der Waals surface area (Å²) in [7, 11) is 1.46. The van der Waals surface area contributed by atoms with Gasteiger partial charge in [0, 0.05) is 7.05 Å². The van der Waals surface area contributed by atoms with Gasteiger partial charge in [-0.15, -0.1) is 0 Å². The number of nitrogens with zero attached hydrogens (tertiary/aromatic N) is 1. The van der Waals surface area contributed by atoms with Gasteiger partial charge in [-0.25, -0.2) is 0 Å². The summed E-state index contributed by atoms with van der Waals surface area (Å²) in [5.41, 5.74) is 1.32. The first kappa shape index (κ1) is 7.98. The topological polar surface area (TPSA) is 37.4 Å². The van der Waals surface area contributed by atoms with E-state index >= 15 is 0 Å². The quantitative estimate of drug-likeness (QED) is 0.548. The van der Waals surface area contributed by atoms with Crippen molar-refractivity contribution in [2.45, 2.75) is 0 Å². The van der Waals surface area contributed by atoms with Crippen LogP contribution in [0.4, 0.5) is 0 Å². The molecule has 1 aliphatic rings. The van der Waals surface area contributed by atoms with Gasteiger partial charge in [0.15, 0.2) is 0 Å². The van der Waals surface area contributed by atoms with Gasteiger partial charge in [-0.05, 0) is 24.6 Å². The van der Waals surface area contributed by atoms with E-state index in [-0.39, 0.29) is 11.8 Å². The molecule has 1 aliphatic heterocycles. The maximum absolute atomic E-state index is 11.4. The van der Waals surface area contributed by atoms with E-state index in [1.165, 1.54) is 13.1 Å². The van der Waals surface area contributed by atoms with Gasteiger partial charge in [-0.1, -0.05) is 6.07 Å². The van der Waals surface area contributed by atoms with E-state index in [0.717, 1.165) is 4.90 Å². The van der Waals surface area contributed by atoms with Crippen LogP contribution < -0.4 is 0 Å². The fourth-order valence-corrected chi connectivity index (χ4v) is 1.38. The van der Waals surface area contributed by atoms with E-state index in [4.69, 9.17) is 6.92 Å². The van der Waals surface area contributed by atoms with Crippen LogP contribution in [0.2, 0.25) is 0 Å². The smallest absolute Gasteiger partial charge is 0.261 e. The summed E-state index contributed by atoms with van der Waals surface area (Å²) in [6.45, 7) is 5.50. The molecular weight excluding hydrogens is 166 g/mol. The van der Waals surface area contributed by atoms with Gasteiger partial charge in [-0.3, -0.25) is 14.5 Å². The fourth-order valence-electron chi connectivity index (χ4n) is 1.38. The van der Waals surface area contributed by atoms with Gasteiger partial charge in [0.25, 0.3) is 11.8 Å². The third-order valence-electron chi connectivity index (χ3n) is 2.11. The third kappa shape index (κ3) is 0.967. The minimum absolute atomic E-state index is 0.264. The van der Waals surface area contributed by atoms with Crippen LogP contribution in [-0.2, 0) is 0 Å². The van der Waals surface area contributed by atoms with Crippen molar-refractivity contribution in [2.75, 3.05) is 7.05 Å². The summed E-state index contributed by atoms with van der Waals surface area (Å²) in [5, 5.41) is 0. The van der Waals surface area contributed by atoms with Crippen LogP contribution in [-0.4, -0.2) is 23.8 Å². The maximum Gasteiger partial charge on any atom is 0.261 e. The zero-order valence-electron chi connectivity index (χ0n) is 7.07. The lowest BCUT2D eigenvalue weighted by Crippen LogP contribution is -2.24. The summed E-state index contributed by atoms with van der Waals surface area (Å²) in [6, 6.07) is 4.72. The zero-order valence-corrected chi connectivity index (χ0v) is 7.07. The molecule has 1 heterocycles. The van der Waals surface area contributed by atoms with Gasteiger partial charge in [0.2, 0.25) is 0 Å². The number of carbonyl (C=O) groups excluding carboxylic acids is 2. The Bertz CT molecular complexity index is 409. The molecule has 64 valence electrons. The number of imide groups is 1. The molecule has 0 saturated carbocycles. The van der Waals surface area contributed by atoms with E-state index in [2.05, 4.69) is 0 Å². The Kier molecular flexibility index (Phi) is 1.49. The number of hydrogen-bond acceptors (Lipinski definition) is 2. The van der Waals surface area contributed by atoms with E-state index in [0.29, 0.717) is 16.7 Å². The minimum atomic E-state index is -0.285. The molecule has 2 amide bonds. The molecule has 2 radical (unpaired) electrons. The van der Waals surface area contributed by atoms with E-state index in [1.807, 2.05) is 0 Å². The largest absolute Gasteiger partial charge is 0.277 e. The van der Waals surface area contributed by atoms with Crippen molar-refractivity contribution in [3.63, 3.8) is 0 Å². The molecule has 0 fully saturated rings. The number of amides is 2. The molecule has 0 aliphatic carbocycles. The molecule has 0 N–H and O–H groups in total. The lowest BCUT2D eigenvalue weighted by atomic mass is 10.1. The molecule has 3 nitrogen and oxygen atoms in total. The Balaban J connectivity index is 2.67. The third-order valence-corrected chi connectivity index (χ3v) is 2.11. The summed E-state index contributed by atoms with van der Waals surface area (Å²) in [4.78, 5) is 23.9. The Morgan fingerprint density at radius 2 is 1.77 bits per heavy atom. The van der Waals surface area contributed by atoms with Crippen LogP contribution >= 0.6 is 0 Å². The van der Waals surface area contributed by atoms with E-state index in [1.54, 1.807) is 12.1 Å². The highest BCUT2D eigenvalue weighted by atomic mass is 16.2. The standard InChI is InChI=1S/C10H7NO2/c1-6-3-4-7-8(5-6)10(13)11(2)9(7)12/h1,3-5H,2H3. The van der Waals surface area contributed by atoms with Gasteiger partial charge < -0.3 is 0 Å². The van der Waals surface area contributed by atoms with Crippen molar-refractivity contribution in [1.29, 1.82) is 0 Å². The van der Waals surface area contributed by atoms with E-state index < -0.39 is 0 Å². The van der Waals surface area contributed by atoms with Gasteiger partial charge >= 0.3 is 0 Å². The average molecular weight is 173 g/mol. The highest BCUT2D eigenvalue weighted by Gasteiger charge is 2.32. The lowest BCUT2D eigenvalue weighted by molar-refractivity contribution is 0.0693. The van der Waals surface area contributed by atoms with Crippen molar-refractivity contribution >= 4 is 11.8 Å². The summed E-state index contributed by atoms with van der Waals surface area (Å²) in [5.74, 6) is -0.549. The fraction of sp³-hybridized carbons (Fsp3) is 0.100. The second kappa shape index (κ2) is 2.42. The summed E-state index contributed by atoms with van der Waals surface area (Å²) >= 11 is 0. The van der Waals surface area contributed by atoms with Crippen LogP contribution in [0.25, 0.3) is 0 Å². The molecule has 0 saturated heterocycles. The molecule has 0 spiro atoms. The van der Waals surface area contributed by atoms with Gasteiger partial charge in [-0.2, -0.15) is 0 Å². The number of hydrogen-bond donors (Lipinski definition) is 0. The molecule has 1 aromatic carbocycles. The highest BCUT2D eigenvalue weighted by Crippen LogP contribution is 2.21. The first-order valence-corrected chi connectivity index (χ1v) is 3.83. The van der Waals surface area contributed by atoms with E-state index in [9.17, 15) is 9.59 Å². The van der Waals surface area contributed by atoms with Crippen molar-refractivity contribution in [3.05, 3.63) is 41.8 Å². The first-order chi connectivity index (χ1) is 6.11. The molecule has 0 aromatic heterocycles. The molecule has 1 aromatic rings. The molecule has 13 heavy (non-hydrogen) atoms. The number of carbonyl (C=O) groups is 2. The van der Waals surface area contributed by atoms with Crippen LogP contribution in [0.3, 0.4) is 0 Å². The average Bonchev–Trinajstić information content (AvgIpc) is 2.32. The van der Waals surface area contributed by atoms with Crippen LogP contribution in [0.5, 0.6) is 0 Å². The van der Waals surface area contributed by atoms with Gasteiger partial charge in [0.05, 0.1) is 11.1 Å². The normalized spacial score (nSPS) is 15.1. The maximum atomic E-state index is 11.4. The highest BCUT2D eigenvalue weighted by molar-refractivity contribution is 6.21. The van der Waals surface area contributed by atoms with Crippen molar-refractivity contribution in [3.8, 4) is 0 Å². The van der Waals surface area contributed by atoms with Crippen LogP contribution in [0.1, 0.15) is 26.3 Å². The monoisotopic (exact) mass is 173 g/mol. The molecular formula is C10H7NO2. The predicted molar refractivity (Wildman–Crippen MR) is 46.3 cm³/mol. The predicted octanol–water partition coefficient (Wildman–Crippen LogP) is 0.972. The molecule has 0 bridgehead atoms. The van der Waals surface area contributed by atoms with Crippen molar-refractivity contribution in [1.82, 2.24) is 4.90 Å². The second-order valence-electron chi connectivity index (χ2n) is 2.97. The Morgan fingerprint density at radius 3 is 2.46 bits per heavy atom. The lowest BCUT2D eigenvalue weighted by Gasteiger charge is -2.02. The zero-order chi connectivity index (χ0) is 9.59. The SMILES string of the molecule is [CH]c1ccc2c(c1)C(=O)N(C)C2=O. The second-order valence-corrected chi connectivity index (χ2v) is 2.97. The molecule has 3 heteroatoms. The Morgan fingerprint density at radius 1 is 1.15 bits per heavy atom. The number of benzene rings is 1. The first-order valence-electron chi connectivity index (χ1n) is 3.83. The van der Waals surface area contributed by atoms with Crippen molar-refractivity contribution < 1.29 is 9.59 Å². The van der Waals surface area contributed by atoms with Crippen LogP contribution in [0.15, 0.2) is 18.2 Å². The Hall–Kier alpha value is -1.64. The summed E-state index contributed by atoms with van der Waals surface area (Å²) in [6.07, 6.45) is 0. The van der Waals surface area contributed by atoms with Crippen LogP contribution in [0, 0.1) is 6.92 Å². The van der Waals surface area contributed by atoms with Crippen molar-refractivity contribution in [2.24, 2.45) is 0 Å². The van der Waals surface area contributed by atoms with Gasteiger partial charge in [0.1, 0.15) is 0 Å². The Labute approximate surface area is 76.0 Å².